The minimum Gasteiger partial charge on any atom is -0.339 e. The Morgan fingerprint density at radius 1 is 1.09 bits per heavy atom. The van der Waals surface area contributed by atoms with Crippen molar-refractivity contribution < 1.29 is 18.0 Å². The fourth-order valence-corrected chi connectivity index (χ4v) is 4.36. The van der Waals surface area contributed by atoms with Crippen LogP contribution in [-0.2, 0) is 6.42 Å². The molecule has 2 fully saturated rings. The van der Waals surface area contributed by atoms with Gasteiger partial charge in [0.25, 0.3) is 5.91 Å². The molecule has 1 saturated carbocycles. The van der Waals surface area contributed by atoms with E-state index in [0.717, 1.165) is 30.4 Å². The highest BCUT2D eigenvalue weighted by atomic mass is 19.2. The SMILES string of the molecule is CC(C)c1ncc(C(=O)N2CCC([C@H](N)Cc3cc(F)c(F)cc3F)CC2)c(C2CC2)n1. The highest BCUT2D eigenvalue weighted by Crippen LogP contribution is 2.41. The highest BCUT2D eigenvalue weighted by Gasteiger charge is 2.34. The minimum atomic E-state index is -1.21. The quantitative estimate of drug-likeness (QED) is 0.671. The molecular weight excluding hydrogens is 417 g/mol. The molecule has 1 saturated heterocycles. The number of rotatable bonds is 6. The van der Waals surface area contributed by atoms with Gasteiger partial charge in [0.05, 0.1) is 11.3 Å². The summed E-state index contributed by atoms with van der Waals surface area (Å²) in [6.45, 7) is 5.14. The molecule has 1 aromatic heterocycles. The zero-order chi connectivity index (χ0) is 23.0. The fourth-order valence-electron chi connectivity index (χ4n) is 4.36. The van der Waals surface area contributed by atoms with E-state index in [9.17, 15) is 18.0 Å². The van der Waals surface area contributed by atoms with Crippen LogP contribution in [0.3, 0.4) is 0 Å². The second-order valence-electron chi connectivity index (χ2n) is 9.31. The number of carbonyl (C=O) groups excluding carboxylic acids is 1. The lowest BCUT2D eigenvalue weighted by Crippen LogP contribution is -2.44. The Hall–Kier alpha value is -2.48. The second-order valence-corrected chi connectivity index (χ2v) is 9.31. The Bertz CT molecular complexity index is 1000. The van der Waals surface area contributed by atoms with Gasteiger partial charge in [-0.1, -0.05) is 13.8 Å². The number of piperidine rings is 1. The lowest BCUT2D eigenvalue weighted by Gasteiger charge is -2.35. The van der Waals surface area contributed by atoms with E-state index >= 15 is 0 Å². The van der Waals surface area contributed by atoms with Crippen molar-refractivity contribution in [3.63, 3.8) is 0 Å². The zero-order valence-corrected chi connectivity index (χ0v) is 18.5. The molecule has 0 bridgehead atoms. The Kier molecular flexibility index (Phi) is 6.51. The predicted octanol–water partition coefficient (Wildman–Crippen LogP) is 4.32. The van der Waals surface area contributed by atoms with Gasteiger partial charge in [0.2, 0.25) is 0 Å². The third kappa shape index (κ3) is 4.80. The van der Waals surface area contributed by atoms with Gasteiger partial charge in [-0.25, -0.2) is 23.1 Å². The van der Waals surface area contributed by atoms with Crippen molar-refractivity contribution in [2.24, 2.45) is 11.7 Å². The van der Waals surface area contributed by atoms with Crippen molar-refractivity contribution in [1.29, 1.82) is 0 Å². The van der Waals surface area contributed by atoms with E-state index in [1.807, 2.05) is 13.8 Å². The van der Waals surface area contributed by atoms with E-state index in [1.165, 1.54) is 0 Å². The molecule has 1 atom stereocenters. The number of nitrogens with two attached hydrogens (primary N) is 1. The number of amides is 1. The molecule has 1 aliphatic carbocycles. The van der Waals surface area contributed by atoms with Gasteiger partial charge < -0.3 is 10.6 Å². The summed E-state index contributed by atoms with van der Waals surface area (Å²) < 4.78 is 40.6. The van der Waals surface area contributed by atoms with Crippen molar-refractivity contribution in [3.8, 4) is 0 Å². The summed E-state index contributed by atoms with van der Waals surface area (Å²) >= 11 is 0. The van der Waals surface area contributed by atoms with Crippen molar-refractivity contribution in [3.05, 3.63) is 58.4 Å². The first-order valence-corrected chi connectivity index (χ1v) is 11.3. The van der Waals surface area contributed by atoms with Gasteiger partial charge in [0.1, 0.15) is 11.6 Å². The van der Waals surface area contributed by atoms with E-state index in [0.29, 0.717) is 43.5 Å². The first kappa shape index (κ1) is 22.7. The normalized spacial score (nSPS) is 18.3. The lowest BCUT2D eigenvalue weighted by atomic mass is 9.86. The maximum atomic E-state index is 14.0. The van der Waals surface area contributed by atoms with Crippen LogP contribution in [0.2, 0.25) is 0 Å². The van der Waals surface area contributed by atoms with Crippen LogP contribution in [0.15, 0.2) is 18.3 Å². The third-order valence-corrected chi connectivity index (χ3v) is 6.52. The van der Waals surface area contributed by atoms with E-state index in [2.05, 4.69) is 4.98 Å². The molecular formula is C24H29F3N4O. The number of hydrogen-bond donors (Lipinski definition) is 1. The molecule has 0 unspecified atom stereocenters. The maximum absolute atomic E-state index is 14.0. The first-order valence-electron chi connectivity index (χ1n) is 11.3. The monoisotopic (exact) mass is 446 g/mol. The van der Waals surface area contributed by atoms with E-state index in [-0.39, 0.29) is 29.7 Å². The standard InChI is InChI=1S/C24H29F3N4O/c1-13(2)23-29-12-17(22(30-23)15-3-4-15)24(32)31-7-5-14(6-8-31)21(28)10-16-9-19(26)20(27)11-18(16)25/h9,11-15,21H,3-8,10,28H2,1-2H3/t21-/m1/s1. The molecule has 2 N–H and O–H groups in total. The molecule has 0 radical (unpaired) electrons. The van der Waals surface area contributed by atoms with Crippen LogP contribution in [0.4, 0.5) is 13.2 Å². The summed E-state index contributed by atoms with van der Waals surface area (Å²) in [5.41, 5.74) is 7.81. The molecule has 8 heteroatoms. The van der Waals surface area contributed by atoms with Crippen molar-refractivity contribution in [2.75, 3.05) is 13.1 Å². The topological polar surface area (TPSA) is 72.1 Å². The summed E-state index contributed by atoms with van der Waals surface area (Å²) in [5, 5.41) is 0. The number of hydrogen-bond acceptors (Lipinski definition) is 4. The van der Waals surface area contributed by atoms with Gasteiger partial charge in [-0.15, -0.1) is 0 Å². The van der Waals surface area contributed by atoms with Crippen molar-refractivity contribution in [1.82, 2.24) is 14.9 Å². The van der Waals surface area contributed by atoms with Crippen LogP contribution < -0.4 is 5.73 Å². The molecule has 32 heavy (non-hydrogen) atoms. The maximum Gasteiger partial charge on any atom is 0.257 e. The minimum absolute atomic E-state index is 0.0547. The number of aromatic nitrogens is 2. The molecule has 5 nitrogen and oxygen atoms in total. The number of halogens is 3. The average Bonchev–Trinajstić information content (AvgIpc) is 3.62. The first-order chi connectivity index (χ1) is 15.2. The van der Waals surface area contributed by atoms with Crippen molar-refractivity contribution in [2.45, 2.75) is 63.8 Å². The van der Waals surface area contributed by atoms with Crippen LogP contribution in [0.5, 0.6) is 0 Å². The molecule has 1 aliphatic heterocycles. The highest BCUT2D eigenvalue weighted by molar-refractivity contribution is 5.95. The van der Waals surface area contributed by atoms with Gasteiger partial charge in [0, 0.05) is 43.2 Å². The zero-order valence-electron chi connectivity index (χ0n) is 18.5. The fraction of sp³-hybridized carbons (Fsp3) is 0.542. The Morgan fingerprint density at radius 2 is 1.75 bits per heavy atom. The van der Waals surface area contributed by atoms with E-state index < -0.39 is 23.5 Å². The Balaban J connectivity index is 1.39. The third-order valence-electron chi connectivity index (χ3n) is 6.52. The van der Waals surface area contributed by atoms with E-state index in [4.69, 9.17) is 10.7 Å². The lowest BCUT2D eigenvalue weighted by molar-refractivity contribution is 0.0675. The van der Waals surface area contributed by atoms with Gasteiger partial charge in [0.15, 0.2) is 11.6 Å². The Labute approximate surface area is 186 Å². The Morgan fingerprint density at radius 3 is 2.38 bits per heavy atom. The molecule has 4 rings (SSSR count). The van der Waals surface area contributed by atoms with Crippen LogP contribution in [0.25, 0.3) is 0 Å². The van der Waals surface area contributed by atoms with Crippen LogP contribution in [0.1, 0.15) is 78.8 Å². The van der Waals surface area contributed by atoms with Crippen LogP contribution in [-0.4, -0.2) is 39.9 Å². The van der Waals surface area contributed by atoms with Gasteiger partial charge in [-0.05, 0) is 49.7 Å². The number of likely N-dealkylation sites (tertiary alicyclic amines) is 1. The number of nitrogens with zero attached hydrogens (tertiary/aromatic N) is 3. The van der Waals surface area contributed by atoms with Crippen molar-refractivity contribution >= 4 is 5.91 Å². The number of carbonyl (C=O) groups is 1. The average molecular weight is 447 g/mol. The van der Waals surface area contributed by atoms with Gasteiger partial charge in [-0.2, -0.15) is 0 Å². The molecule has 1 aromatic carbocycles. The summed E-state index contributed by atoms with van der Waals surface area (Å²) in [4.78, 5) is 24.1. The van der Waals surface area contributed by atoms with Gasteiger partial charge >= 0.3 is 0 Å². The number of benzene rings is 1. The molecule has 0 spiro atoms. The van der Waals surface area contributed by atoms with Crippen LogP contribution in [0, 0.1) is 23.4 Å². The summed E-state index contributed by atoms with van der Waals surface area (Å²) in [6.07, 6.45) is 5.22. The second kappa shape index (κ2) is 9.17. The molecule has 2 aliphatic rings. The van der Waals surface area contributed by atoms with Crippen LogP contribution >= 0.6 is 0 Å². The molecule has 172 valence electrons. The molecule has 2 aromatic rings. The summed E-state index contributed by atoms with van der Waals surface area (Å²) in [5.74, 6) is -1.76. The largest absolute Gasteiger partial charge is 0.339 e. The van der Waals surface area contributed by atoms with Gasteiger partial charge in [-0.3, -0.25) is 4.79 Å². The summed E-state index contributed by atoms with van der Waals surface area (Å²) in [7, 11) is 0. The molecule has 2 heterocycles. The summed E-state index contributed by atoms with van der Waals surface area (Å²) in [6, 6.07) is 1.04. The molecule has 1 amide bonds. The predicted molar refractivity (Wildman–Crippen MR) is 115 cm³/mol. The van der Waals surface area contributed by atoms with E-state index in [1.54, 1.807) is 11.1 Å². The smallest absolute Gasteiger partial charge is 0.257 e.